The molecule has 3 aromatic rings. The molecule has 1 aliphatic rings. The Bertz CT molecular complexity index is 1130. The summed E-state index contributed by atoms with van der Waals surface area (Å²) >= 11 is 0. The molecule has 32 heavy (non-hydrogen) atoms. The fourth-order valence-corrected chi connectivity index (χ4v) is 3.72. The predicted molar refractivity (Wildman–Crippen MR) is 130 cm³/mol. The van der Waals surface area contributed by atoms with Crippen LogP contribution in [-0.4, -0.2) is 28.7 Å². The second-order valence-electron chi connectivity index (χ2n) is 9.40. The van der Waals surface area contributed by atoms with E-state index in [4.69, 9.17) is 9.31 Å². The number of benzene rings is 2. The smallest absolute Gasteiger partial charge is 0.399 e. The zero-order valence-electron chi connectivity index (χ0n) is 19.5. The Hall–Kier alpha value is -2.89. The molecule has 1 aliphatic heterocycles. The van der Waals surface area contributed by atoms with Gasteiger partial charge in [0.1, 0.15) is 0 Å². The van der Waals surface area contributed by atoms with Gasteiger partial charge in [-0.05, 0) is 57.8 Å². The summed E-state index contributed by atoms with van der Waals surface area (Å²) in [4.78, 5) is 12.9. The van der Waals surface area contributed by atoms with Gasteiger partial charge in [0.2, 0.25) is 5.78 Å². The van der Waals surface area contributed by atoms with Gasteiger partial charge >= 0.3 is 7.12 Å². The number of hydrogen-bond acceptors (Lipinski definition) is 3. The topological polar surface area (TPSA) is 40.5 Å². The van der Waals surface area contributed by atoms with E-state index in [1.165, 1.54) is 0 Å². The van der Waals surface area contributed by atoms with Crippen LogP contribution in [0.3, 0.4) is 0 Å². The molecule has 5 heteroatoms. The van der Waals surface area contributed by atoms with Crippen LogP contribution in [0.15, 0.2) is 72.9 Å². The van der Waals surface area contributed by atoms with Crippen LogP contribution in [0.4, 0.5) is 0 Å². The van der Waals surface area contributed by atoms with Crippen LogP contribution < -0.4 is 5.46 Å². The molecule has 0 aliphatic carbocycles. The Morgan fingerprint density at radius 2 is 1.66 bits per heavy atom. The van der Waals surface area contributed by atoms with Crippen molar-refractivity contribution >= 4 is 24.4 Å². The molecule has 0 atom stereocenters. The van der Waals surface area contributed by atoms with E-state index in [2.05, 4.69) is 52.0 Å². The second-order valence-corrected chi connectivity index (χ2v) is 9.40. The molecule has 1 saturated heterocycles. The highest BCUT2D eigenvalue weighted by molar-refractivity contribution is 6.62. The summed E-state index contributed by atoms with van der Waals surface area (Å²) in [6.07, 6.45) is 6.07. The maximum atomic E-state index is 12.9. The Labute approximate surface area is 191 Å². The van der Waals surface area contributed by atoms with Crippen molar-refractivity contribution in [1.29, 1.82) is 0 Å². The summed E-state index contributed by atoms with van der Waals surface area (Å²) < 4.78 is 14.3. The van der Waals surface area contributed by atoms with Crippen molar-refractivity contribution in [2.24, 2.45) is 0 Å². The number of allylic oxidation sites excluding steroid dienone is 1. The Kier molecular flexibility index (Phi) is 5.98. The summed E-state index contributed by atoms with van der Waals surface area (Å²) in [7, 11) is -0.378. The number of carbonyl (C=O) groups excluding carboxylic acids is 1. The van der Waals surface area contributed by atoms with Crippen molar-refractivity contribution in [3.8, 4) is 0 Å². The zero-order valence-corrected chi connectivity index (χ0v) is 19.5. The van der Waals surface area contributed by atoms with Gasteiger partial charge in [-0.3, -0.25) is 4.79 Å². The standard InChI is InChI=1S/C27H30BNO3/c1-20-13-15-22(16-14-20)25(30)24-12-8-18-29(24)17-7-10-21-9-6-11-23(19-21)28-31-26(2,3)27(4,5)32-28/h6-16,18-19H,17H2,1-5H3/b10-7+. The number of hydrogen-bond donors (Lipinski definition) is 0. The third-order valence-electron chi connectivity index (χ3n) is 6.42. The molecular formula is C27H30BNO3. The van der Waals surface area contributed by atoms with E-state index in [0.29, 0.717) is 17.8 Å². The van der Waals surface area contributed by atoms with Crippen molar-refractivity contribution in [3.63, 3.8) is 0 Å². The quantitative estimate of drug-likeness (QED) is 0.409. The molecule has 1 fully saturated rings. The molecule has 2 heterocycles. The third kappa shape index (κ3) is 4.50. The van der Waals surface area contributed by atoms with Crippen molar-refractivity contribution in [2.45, 2.75) is 52.4 Å². The first-order valence-corrected chi connectivity index (χ1v) is 11.0. The second kappa shape index (κ2) is 8.57. The lowest BCUT2D eigenvalue weighted by atomic mass is 9.78. The van der Waals surface area contributed by atoms with Gasteiger partial charge in [0.05, 0.1) is 16.9 Å². The first-order chi connectivity index (χ1) is 15.2. The van der Waals surface area contributed by atoms with E-state index >= 15 is 0 Å². The van der Waals surface area contributed by atoms with Crippen LogP contribution in [0.2, 0.25) is 0 Å². The lowest BCUT2D eigenvalue weighted by Crippen LogP contribution is -2.41. The molecule has 0 unspecified atom stereocenters. The van der Waals surface area contributed by atoms with Gasteiger partial charge in [0.25, 0.3) is 0 Å². The molecule has 0 radical (unpaired) electrons. The van der Waals surface area contributed by atoms with E-state index in [0.717, 1.165) is 16.6 Å². The Morgan fingerprint density at radius 3 is 2.34 bits per heavy atom. The van der Waals surface area contributed by atoms with Crippen molar-refractivity contribution in [1.82, 2.24) is 4.57 Å². The Morgan fingerprint density at radius 1 is 0.969 bits per heavy atom. The van der Waals surface area contributed by atoms with Gasteiger partial charge in [-0.25, -0.2) is 0 Å². The molecule has 164 valence electrons. The highest BCUT2D eigenvalue weighted by Crippen LogP contribution is 2.36. The van der Waals surface area contributed by atoms with Gasteiger partial charge in [-0.15, -0.1) is 0 Å². The van der Waals surface area contributed by atoms with Gasteiger partial charge in [-0.1, -0.05) is 66.2 Å². The van der Waals surface area contributed by atoms with Crippen LogP contribution in [0.25, 0.3) is 6.08 Å². The molecule has 0 spiro atoms. The molecular weight excluding hydrogens is 397 g/mol. The molecule has 0 bridgehead atoms. The maximum absolute atomic E-state index is 12.9. The predicted octanol–water partition coefficient (Wildman–Crippen LogP) is 5.04. The van der Waals surface area contributed by atoms with Crippen LogP contribution in [0, 0.1) is 6.92 Å². The molecule has 0 amide bonds. The minimum atomic E-state index is -0.378. The fraction of sp³-hybridized carbons (Fsp3) is 0.296. The fourth-order valence-electron chi connectivity index (χ4n) is 3.72. The maximum Gasteiger partial charge on any atom is 0.494 e. The molecule has 4 rings (SSSR count). The molecule has 0 N–H and O–H groups in total. The van der Waals surface area contributed by atoms with Crippen LogP contribution >= 0.6 is 0 Å². The average Bonchev–Trinajstić information content (AvgIpc) is 3.30. The highest BCUT2D eigenvalue weighted by atomic mass is 16.7. The van der Waals surface area contributed by atoms with Crippen LogP contribution in [0.5, 0.6) is 0 Å². The van der Waals surface area contributed by atoms with Gasteiger partial charge < -0.3 is 13.9 Å². The molecule has 0 saturated carbocycles. The molecule has 1 aromatic heterocycles. The van der Waals surface area contributed by atoms with Crippen LogP contribution in [-0.2, 0) is 15.9 Å². The normalized spacial score (nSPS) is 17.2. The number of rotatable bonds is 6. The SMILES string of the molecule is Cc1ccc(C(=O)c2cccn2C/C=C/c2cccc(B3OC(C)(C)C(C)(C)O3)c2)cc1. The number of aryl methyl sites for hydroxylation is 1. The first kappa shape index (κ1) is 22.3. The van der Waals surface area contributed by atoms with E-state index in [1.807, 2.05) is 66.2 Å². The largest absolute Gasteiger partial charge is 0.494 e. The monoisotopic (exact) mass is 427 g/mol. The van der Waals surface area contributed by atoms with E-state index in [-0.39, 0.29) is 24.1 Å². The lowest BCUT2D eigenvalue weighted by molar-refractivity contribution is 0.00578. The first-order valence-electron chi connectivity index (χ1n) is 11.0. The zero-order chi connectivity index (χ0) is 22.9. The lowest BCUT2D eigenvalue weighted by Gasteiger charge is -2.32. The summed E-state index contributed by atoms with van der Waals surface area (Å²) in [6.45, 7) is 10.9. The Balaban J connectivity index is 1.46. The average molecular weight is 427 g/mol. The molecule has 2 aromatic carbocycles. The summed E-state index contributed by atoms with van der Waals surface area (Å²) in [5.74, 6) is 0.0335. The number of nitrogens with zero attached hydrogens (tertiary/aromatic N) is 1. The van der Waals surface area contributed by atoms with E-state index in [9.17, 15) is 4.79 Å². The summed E-state index contributed by atoms with van der Waals surface area (Å²) in [6, 6.07) is 19.7. The summed E-state index contributed by atoms with van der Waals surface area (Å²) in [5.41, 5.74) is 3.87. The van der Waals surface area contributed by atoms with E-state index < -0.39 is 0 Å². The number of carbonyl (C=O) groups is 1. The van der Waals surface area contributed by atoms with Gasteiger partial charge in [0.15, 0.2) is 0 Å². The number of ketones is 1. The van der Waals surface area contributed by atoms with Gasteiger partial charge in [-0.2, -0.15) is 0 Å². The van der Waals surface area contributed by atoms with Crippen LogP contribution in [0.1, 0.15) is 54.9 Å². The highest BCUT2D eigenvalue weighted by Gasteiger charge is 2.51. The minimum Gasteiger partial charge on any atom is -0.399 e. The number of aromatic nitrogens is 1. The van der Waals surface area contributed by atoms with E-state index in [1.54, 1.807) is 0 Å². The van der Waals surface area contributed by atoms with Crippen molar-refractivity contribution in [2.75, 3.05) is 0 Å². The third-order valence-corrected chi connectivity index (χ3v) is 6.42. The minimum absolute atomic E-state index is 0.0335. The van der Waals surface area contributed by atoms with Gasteiger partial charge in [0, 0.05) is 18.3 Å². The van der Waals surface area contributed by atoms with Crippen molar-refractivity contribution < 1.29 is 14.1 Å². The summed E-state index contributed by atoms with van der Waals surface area (Å²) in [5, 5.41) is 0. The van der Waals surface area contributed by atoms with Crippen molar-refractivity contribution in [3.05, 3.63) is 95.3 Å². The molecule has 4 nitrogen and oxygen atoms in total.